The first kappa shape index (κ1) is 15.7. The Morgan fingerprint density at radius 2 is 2.09 bits per heavy atom. The second kappa shape index (κ2) is 6.14. The van der Waals surface area contributed by atoms with Gasteiger partial charge in [-0.15, -0.1) is 10.2 Å². The number of carbonyl (C=O) groups excluding carboxylic acids is 1. The first-order valence-electron chi connectivity index (χ1n) is 8.13. The number of rotatable bonds is 4. The van der Waals surface area contributed by atoms with Gasteiger partial charge in [0.05, 0.1) is 5.69 Å². The molecule has 124 valence electrons. The molecule has 0 fully saturated rings. The van der Waals surface area contributed by atoms with Gasteiger partial charge in [-0.25, -0.2) is 0 Å². The Balaban J connectivity index is 1.55. The molecule has 1 N–H and O–H groups in total. The van der Waals surface area contributed by atoms with E-state index in [1.54, 1.807) is 0 Å². The summed E-state index contributed by atoms with van der Waals surface area (Å²) in [4.78, 5) is 12.3. The summed E-state index contributed by atoms with van der Waals surface area (Å²) in [5.41, 5.74) is 3.33. The van der Waals surface area contributed by atoms with Crippen molar-refractivity contribution in [2.45, 2.75) is 59.0 Å². The van der Waals surface area contributed by atoms with Crippen molar-refractivity contribution in [3.8, 4) is 0 Å². The van der Waals surface area contributed by atoms with Gasteiger partial charge in [0.25, 0.3) is 0 Å². The number of carbonyl (C=O) groups is 1. The molecule has 0 saturated heterocycles. The molecule has 1 atom stereocenters. The van der Waals surface area contributed by atoms with Gasteiger partial charge in [-0.2, -0.15) is 5.10 Å². The van der Waals surface area contributed by atoms with E-state index in [1.165, 1.54) is 5.56 Å². The van der Waals surface area contributed by atoms with E-state index < -0.39 is 0 Å². The molecule has 0 radical (unpaired) electrons. The van der Waals surface area contributed by atoms with Crippen molar-refractivity contribution in [2.24, 2.45) is 7.05 Å². The van der Waals surface area contributed by atoms with Crippen LogP contribution < -0.4 is 5.32 Å². The SMILES string of the molecule is Cc1nn(C)c(C)c1CCC(=O)NC1CCc2nnc(C)n2C1. The van der Waals surface area contributed by atoms with Crippen LogP contribution in [0.4, 0.5) is 0 Å². The summed E-state index contributed by atoms with van der Waals surface area (Å²) in [5.74, 6) is 2.04. The molecular weight excluding hydrogens is 292 g/mol. The highest BCUT2D eigenvalue weighted by molar-refractivity contribution is 5.76. The van der Waals surface area contributed by atoms with E-state index >= 15 is 0 Å². The van der Waals surface area contributed by atoms with Gasteiger partial charge in [-0.05, 0) is 39.2 Å². The highest BCUT2D eigenvalue weighted by Gasteiger charge is 2.22. The monoisotopic (exact) mass is 316 g/mol. The summed E-state index contributed by atoms with van der Waals surface area (Å²) in [6.07, 6.45) is 3.03. The van der Waals surface area contributed by atoms with Crippen LogP contribution in [0.3, 0.4) is 0 Å². The maximum atomic E-state index is 12.3. The molecule has 1 amide bonds. The largest absolute Gasteiger partial charge is 0.352 e. The van der Waals surface area contributed by atoms with Gasteiger partial charge in [0.2, 0.25) is 5.91 Å². The summed E-state index contributed by atoms with van der Waals surface area (Å²) >= 11 is 0. The maximum absolute atomic E-state index is 12.3. The van der Waals surface area contributed by atoms with E-state index in [-0.39, 0.29) is 11.9 Å². The lowest BCUT2D eigenvalue weighted by Crippen LogP contribution is -2.41. The van der Waals surface area contributed by atoms with Gasteiger partial charge < -0.3 is 9.88 Å². The third-order valence-electron chi connectivity index (χ3n) is 4.76. The fraction of sp³-hybridized carbons (Fsp3) is 0.625. The normalized spacial score (nSPS) is 17.1. The number of aromatic nitrogens is 5. The Kier molecular flexibility index (Phi) is 4.19. The van der Waals surface area contributed by atoms with Gasteiger partial charge in [-0.3, -0.25) is 9.48 Å². The second-order valence-electron chi connectivity index (χ2n) is 6.35. The Morgan fingerprint density at radius 3 is 2.78 bits per heavy atom. The Bertz CT molecular complexity index is 729. The summed E-state index contributed by atoms with van der Waals surface area (Å²) < 4.78 is 3.98. The molecule has 0 spiro atoms. The summed E-state index contributed by atoms with van der Waals surface area (Å²) in [6.45, 7) is 6.77. The van der Waals surface area contributed by atoms with E-state index in [1.807, 2.05) is 32.5 Å². The number of nitrogens with one attached hydrogen (secondary N) is 1. The van der Waals surface area contributed by atoms with E-state index in [4.69, 9.17) is 0 Å². The first-order chi connectivity index (χ1) is 11.0. The van der Waals surface area contributed by atoms with Crippen LogP contribution in [0.5, 0.6) is 0 Å². The minimum atomic E-state index is 0.104. The minimum Gasteiger partial charge on any atom is -0.352 e. The molecule has 7 heteroatoms. The van der Waals surface area contributed by atoms with Crippen molar-refractivity contribution in [3.63, 3.8) is 0 Å². The van der Waals surface area contributed by atoms with Gasteiger partial charge in [0.15, 0.2) is 0 Å². The molecule has 23 heavy (non-hydrogen) atoms. The lowest BCUT2D eigenvalue weighted by Gasteiger charge is -2.25. The number of aryl methyl sites for hydroxylation is 4. The van der Waals surface area contributed by atoms with Crippen molar-refractivity contribution in [1.82, 2.24) is 29.9 Å². The van der Waals surface area contributed by atoms with E-state index in [0.717, 1.165) is 48.8 Å². The number of nitrogens with zero attached hydrogens (tertiary/aromatic N) is 5. The number of hydrogen-bond donors (Lipinski definition) is 1. The number of hydrogen-bond acceptors (Lipinski definition) is 4. The van der Waals surface area contributed by atoms with Crippen molar-refractivity contribution in [1.29, 1.82) is 0 Å². The van der Waals surface area contributed by atoms with E-state index in [2.05, 4.69) is 25.2 Å². The average molecular weight is 316 g/mol. The zero-order valence-corrected chi connectivity index (χ0v) is 14.3. The molecular formula is C16H24N6O. The molecule has 0 saturated carbocycles. The predicted molar refractivity (Wildman–Crippen MR) is 86.0 cm³/mol. The van der Waals surface area contributed by atoms with Crippen LogP contribution in [0.1, 0.15) is 41.4 Å². The van der Waals surface area contributed by atoms with E-state index in [0.29, 0.717) is 6.42 Å². The van der Waals surface area contributed by atoms with Gasteiger partial charge in [0, 0.05) is 38.2 Å². The molecule has 1 aliphatic heterocycles. The molecule has 0 bridgehead atoms. The Morgan fingerprint density at radius 1 is 1.30 bits per heavy atom. The number of amides is 1. The summed E-state index contributed by atoms with van der Waals surface area (Å²) in [7, 11) is 1.94. The minimum absolute atomic E-state index is 0.104. The molecule has 3 heterocycles. The third kappa shape index (κ3) is 3.13. The molecule has 0 aliphatic carbocycles. The summed E-state index contributed by atoms with van der Waals surface area (Å²) in [6, 6.07) is 0.167. The molecule has 7 nitrogen and oxygen atoms in total. The molecule has 2 aromatic heterocycles. The molecule has 0 aromatic carbocycles. The number of fused-ring (bicyclic) bond motifs is 1. The van der Waals surface area contributed by atoms with Crippen molar-refractivity contribution < 1.29 is 4.79 Å². The molecule has 1 aliphatic rings. The zero-order valence-electron chi connectivity index (χ0n) is 14.3. The van der Waals surface area contributed by atoms with E-state index in [9.17, 15) is 4.79 Å². The smallest absolute Gasteiger partial charge is 0.220 e. The lowest BCUT2D eigenvalue weighted by molar-refractivity contribution is -0.122. The maximum Gasteiger partial charge on any atom is 0.220 e. The fourth-order valence-corrected chi connectivity index (χ4v) is 3.30. The summed E-state index contributed by atoms with van der Waals surface area (Å²) in [5, 5.41) is 15.8. The van der Waals surface area contributed by atoms with Crippen molar-refractivity contribution in [2.75, 3.05) is 0 Å². The van der Waals surface area contributed by atoms with Crippen molar-refractivity contribution >= 4 is 5.91 Å². The van der Waals surface area contributed by atoms with Gasteiger partial charge in [0.1, 0.15) is 11.6 Å². The van der Waals surface area contributed by atoms with Crippen LogP contribution in [0.25, 0.3) is 0 Å². The van der Waals surface area contributed by atoms with Crippen LogP contribution in [-0.4, -0.2) is 36.5 Å². The topological polar surface area (TPSA) is 77.6 Å². The predicted octanol–water partition coefficient (Wildman–Crippen LogP) is 1.00. The third-order valence-corrected chi connectivity index (χ3v) is 4.76. The fourth-order valence-electron chi connectivity index (χ4n) is 3.30. The van der Waals surface area contributed by atoms with Crippen LogP contribution in [0, 0.1) is 20.8 Å². The lowest BCUT2D eigenvalue weighted by atomic mass is 10.1. The van der Waals surface area contributed by atoms with Crippen molar-refractivity contribution in [3.05, 3.63) is 28.6 Å². The first-order valence-corrected chi connectivity index (χ1v) is 8.13. The van der Waals surface area contributed by atoms with Gasteiger partial charge >= 0.3 is 0 Å². The van der Waals surface area contributed by atoms with Crippen LogP contribution in [-0.2, 0) is 31.2 Å². The Hall–Kier alpha value is -2.18. The standard InChI is InChI=1S/C16H24N6O/c1-10-14(11(2)21(4)20-10)6-8-16(23)17-13-5-7-15-19-18-12(3)22(15)9-13/h13H,5-9H2,1-4H3,(H,17,23). The van der Waals surface area contributed by atoms with Crippen LogP contribution in [0.2, 0.25) is 0 Å². The van der Waals surface area contributed by atoms with Crippen LogP contribution in [0.15, 0.2) is 0 Å². The molecule has 2 aromatic rings. The zero-order chi connectivity index (χ0) is 16.6. The molecule has 1 unspecified atom stereocenters. The highest BCUT2D eigenvalue weighted by Crippen LogP contribution is 2.16. The average Bonchev–Trinajstić information content (AvgIpc) is 2.99. The molecule has 3 rings (SSSR count). The Labute approximate surface area is 136 Å². The van der Waals surface area contributed by atoms with Crippen LogP contribution >= 0.6 is 0 Å². The quantitative estimate of drug-likeness (QED) is 0.913. The second-order valence-corrected chi connectivity index (χ2v) is 6.35. The van der Waals surface area contributed by atoms with Gasteiger partial charge in [-0.1, -0.05) is 0 Å². The highest BCUT2D eigenvalue weighted by atomic mass is 16.1.